The van der Waals surface area contributed by atoms with Crippen LogP contribution in [0.5, 0.6) is 0 Å². The molecule has 1 fully saturated rings. The summed E-state index contributed by atoms with van der Waals surface area (Å²) >= 11 is 0. The normalized spacial score (nSPS) is 21.6. The zero-order valence-electron chi connectivity index (χ0n) is 14.2. The van der Waals surface area contributed by atoms with Crippen molar-refractivity contribution in [3.8, 4) is 0 Å². The molecule has 1 atom stereocenters. The average Bonchev–Trinajstić information content (AvgIpc) is 3.01. The summed E-state index contributed by atoms with van der Waals surface area (Å²) in [5.74, 6) is 0.128. The van der Waals surface area contributed by atoms with Crippen LogP contribution >= 0.6 is 0 Å². The Labute approximate surface area is 136 Å². The molecular weight excluding hydrogens is 296 g/mol. The molecule has 7 heteroatoms. The van der Waals surface area contributed by atoms with E-state index < -0.39 is 5.60 Å². The first kappa shape index (κ1) is 15.8. The van der Waals surface area contributed by atoms with Crippen molar-refractivity contribution in [2.45, 2.75) is 65.3 Å². The van der Waals surface area contributed by atoms with E-state index in [0.717, 1.165) is 24.3 Å². The number of rotatable bonds is 1. The van der Waals surface area contributed by atoms with Crippen LogP contribution in [0.3, 0.4) is 0 Å². The van der Waals surface area contributed by atoms with Crippen molar-refractivity contribution in [2.24, 2.45) is 0 Å². The number of fused-ring (bicyclic) bond motifs is 1. The average molecular weight is 320 g/mol. The first-order valence-corrected chi connectivity index (χ1v) is 8.11. The van der Waals surface area contributed by atoms with Gasteiger partial charge in [-0.25, -0.2) is 4.79 Å². The van der Waals surface area contributed by atoms with Gasteiger partial charge in [0.05, 0.1) is 36.7 Å². The third kappa shape index (κ3) is 3.04. The molecule has 0 unspecified atom stereocenters. The van der Waals surface area contributed by atoms with Crippen LogP contribution < -0.4 is 4.90 Å². The smallest absolute Gasteiger partial charge is 0.410 e. The molecule has 0 aliphatic carbocycles. The number of hydrogen-bond donors (Lipinski definition) is 0. The second kappa shape index (κ2) is 5.54. The molecule has 7 nitrogen and oxygen atoms in total. The number of aromatic nitrogens is 2. The number of anilines is 1. The highest BCUT2D eigenvalue weighted by atomic mass is 16.6. The fourth-order valence-electron chi connectivity index (χ4n) is 3.08. The van der Waals surface area contributed by atoms with Gasteiger partial charge in [-0.05, 0) is 34.1 Å². The summed E-state index contributed by atoms with van der Waals surface area (Å²) < 4.78 is 7.40. The number of carbonyl (C=O) groups excluding carboxylic acids is 2. The second-order valence-electron chi connectivity index (χ2n) is 7.26. The van der Waals surface area contributed by atoms with Crippen molar-refractivity contribution in [1.82, 2.24) is 14.7 Å². The number of carbonyl (C=O) groups is 2. The van der Waals surface area contributed by atoms with Crippen LogP contribution in [0, 0.1) is 0 Å². The largest absolute Gasteiger partial charge is 0.444 e. The summed E-state index contributed by atoms with van der Waals surface area (Å²) in [5, 5.41) is 4.40. The molecule has 0 aromatic carbocycles. The molecule has 3 heterocycles. The van der Waals surface area contributed by atoms with Crippen LogP contribution in [0.25, 0.3) is 0 Å². The Morgan fingerprint density at radius 3 is 2.74 bits per heavy atom. The Kier molecular flexibility index (Phi) is 3.82. The Balaban J connectivity index is 1.84. The predicted octanol–water partition coefficient (Wildman–Crippen LogP) is 2.15. The van der Waals surface area contributed by atoms with Gasteiger partial charge < -0.3 is 9.64 Å². The highest BCUT2D eigenvalue weighted by Gasteiger charge is 2.35. The van der Waals surface area contributed by atoms with Crippen molar-refractivity contribution in [2.75, 3.05) is 11.4 Å². The van der Waals surface area contributed by atoms with Gasteiger partial charge in [0.25, 0.3) is 0 Å². The van der Waals surface area contributed by atoms with Gasteiger partial charge in [0.2, 0.25) is 5.91 Å². The minimum absolute atomic E-state index is 0.000574. The summed E-state index contributed by atoms with van der Waals surface area (Å²) in [5.41, 5.74) is 1.21. The summed E-state index contributed by atoms with van der Waals surface area (Å²) in [6, 6.07) is -0.000574. The molecule has 0 radical (unpaired) electrons. The van der Waals surface area contributed by atoms with Crippen LogP contribution in [0.15, 0.2) is 6.20 Å². The highest BCUT2D eigenvalue weighted by molar-refractivity contribution is 5.95. The van der Waals surface area contributed by atoms with Crippen LogP contribution in [0.2, 0.25) is 0 Å². The van der Waals surface area contributed by atoms with Gasteiger partial charge in [0.1, 0.15) is 5.60 Å². The fourth-order valence-corrected chi connectivity index (χ4v) is 3.08. The van der Waals surface area contributed by atoms with E-state index in [0.29, 0.717) is 19.5 Å². The van der Waals surface area contributed by atoms with Crippen LogP contribution in [-0.4, -0.2) is 44.9 Å². The number of nitrogens with zero attached hydrogens (tertiary/aromatic N) is 4. The molecular formula is C16H24N4O3. The van der Waals surface area contributed by atoms with Gasteiger partial charge >= 0.3 is 6.09 Å². The van der Waals surface area contributed by atoms with Crippen molar-refractivity contribution >= 4 is 17.7 Å². The van der Waals surface area contributed by atoms with Crippen molar-refractivity contribution < 1.29 is 14.3 Å². The van der Waals surface area contributed by atoms with Gasteiger partial charge in [-0.2, -0.15) is 5.10 Å². The lowest BCUT2D eigenvalue weighted by molar-refractivity contribution is -0.117. The zero-order valence-corrected chi connectivity index (χ0v) is 14.2. The quantitative estimate of drug-likeness (QED) is 0.795. The lowest BCUT2D eigenvalue weighted by Crippen LogP contribution is -2.47. The van der Waals surface area contributed by atoms with E-state index >= 15 is 0 Å². The maximum atomic E-state index is 12.4. The monoisotopic (exact) mass is 320 g/mol. The molecule has 0 spiro atoms. The second-order valence-corrected chi connectivity index (χ2v) is 7.26. The van der Waals surface area contributed by atoms with E-state index in [2.05, 4.69) is 5.10 Å². The minimum Gasteiger partial charge on any atom is -0.444 e. The first-order chi connectivity index (χ1) is 10.8. The molecule has 23 heavy (non-hydrogen) atoms. The highest BCUT2D eigenvalue weighted by Crippen LogP contribution is 2.30. The van der Waals surface area contributed by atoms with E-state index in [1.807, 2.05) is 32.4 Å². The van der Waals surface area contributed by atoms with E-state index in [1.54, 1.807) is 16.0 Å². The van der Waals surface area contributed by atoms with Crippen LogP contribution in [-0.2, 0) is 22.6 Å². The Morgan fingerprint density at radius 2 is 2.13 bits per heavy atom. The van der Waals surface area contributed by atoms with Gasteiger partial charge in [0.15, 0.2) is 0 Å². The number of amides is 2. The van der Waals surface area contributed by atoms with Crippen molar-refractivity contribution in [3.63, 3.8) is 0 Å². The molecule has 126 valence electrons. The summed E-state index contributed by atoms with van der Waals surface area (Å²) in [4.78, 5) is 28.0. The molecule has 3 rings (SSSR count). The fraction of sp³-hybridized carbons (Fsp3) is 0.688. The van der Waals surface area contributed by atoms with E-state index in [-0.39, 0.29) is 18.0 Å². The zero-order chi connectivity index (χ0) is 16.8. The molecule has 2 amide bonds. The first-order valence-electron chi connectivity index (χ1n) is 8.11. The minimum atomic E-state index is -0.526. The number of ether oxygens (including phenoxy) is 1. The maximum absolute atomic E-state index is 12.4. The molecule has 0 saturated carbocycles. The number of hydrogen-bond acceptors (Lipinski definition) is 4. The molecule has 1 aromatic rings. The lowest BCUT2D eigenvalue weighted by atomic mass is 10.2. The predicted molar refractivity (Wildman–Crippen MR) is 85.1 cm³/mol. The molecule has 1 saturated heterocycles. The third-order valence-corrected chi connectivity index (χ3v) is 4.21. The topological polar surface area (TPSA) is 67.7 Å². The van der Waals surface area contributed by atoms with Gasteiger partial charge in [-0.15, -0.1) is 0 Å². The lowest BCUT2D eigenvalue weighted by Gasteiger charge is -2.36. The van der Waals surface area contributed by atoms with E-state index in [9.17, 15) is 9.59 Å². The summed E-state index contributed by atoms with van der Waals surface area (Å²) in [7, 11) is 0. The van der Waals surface area contributed by atoms with Crippen molar-refractivity contribution in [1.29, 1.82) is 0 Å². The van der Waals surface area contributed by atoms with Gasteiger partial charge in [-0.3, -0.25) is 14.4 Å². The molecule has 2 aliphatic heterocycles. The van der Waals surface area contributed by atoms with Crippen LogP contribution in [0.1, 0.15) is 46.2 Å². The standard InChI is InChI=1S/C16H24N4O3/c1-11-9-20-13(10-19(11)15(22)23-16(2,3)4)12(8-17-20)18-7-5-6-14(18)21/h8,11H,5-7,9-10H2,1-4H3/t11-/m0/s1. The summed E-state index contributed by atoms with van der Waals surface area (Å²) in [6.07, 6.45) is 2.87. The Morgan fingerprint density at radius 1 is 1.39 bits per heavy atom. The van der Waals surface area contributed by atoms with Gasteiger partial charge in [0, 0.05) is 13.0 Å². The SMILES string of the molecule is C[C@H]1Cn2ncc(N3CCCC3=O)c2CN1C(=O)OC(C)(C)C. The van der Waals surface area contributed by atoms with Crippen molar-refractivity contribution in [3.05, 3.63) is 11.9 Å². The molecule has 0 N–H and O–H groups in total. The molecule has 1 aromatic heterocycles. The summed E-state index contributed by atoms with van der Waals surface area (Å²) in [6.45, 7) is 9.30. The van der Waals surface area contributed by atoms with Gasteiger partial charge in [-0.1, -0.05) is 0 Å². The Bertz CT molecular complexity index is 632. The van der Waals surface area contributed by atoms with E-state index in [1.165, 1.54) is 0 Å². The van der Waals surface area contributed by atoms with Crippen LogP contribution in [0.4, 0.5) is 10.5 Å². The van der Waals surface area contributed by atoms with E-state index in [4.69, 9.17) is 4.74 Å². The maximum Gasteiger partial charge on any atom is 0.410 e. The third-order valence-electron chi connectivity index (χ3n) is 4.21. The molecule has 0 bridgehead atoms. The molecule has 2 aliphatic rings. The Hall–Kier alpha value is -2.05.